The van der Waals surface area contributed by atoms with Crippen LogP contribution in [0.1, 0.15) is 19.4 Å². The maximum absolute atomic E-state index is 12.2. The molecule has 0 saturated carbocycles. The van der Waals surface area contributed by atoms with Gasteiger partial charge in [0, 0.05) is 18.7 Å². The van der Waals surface area contributed by atoms with Crippen LogP contribution in [0.15, 0.2) is 49.2 Å². The summed E-state index contributed by atoms with van der Waals surface area (Å²) in [6.45, 7) is 8.97. The van der Waals surface area contributed by atoms with Crippen molar-refractivity contribution in [3.05, 3.63) is 54.8 Å². The maximum Gasteiger partial charge on any atom is 0.249 e. The predicted molar refractivity (Wildman–Crippen MR) is 103 cm³/mol. The lowest BCUT2D eigenvalue weighted by molar-refractivity contribution is -0.111. The van der Waals surface area contributed by atoms with Gasteiger partial charge in [0.05, 0.1) is 13.3 Å². The number of anilines is 1. The molecule has 0 spiro atoms. The summed E-state index contributed by atoms with van der Waals surface area (Å²) < 4.78 is 12.6. The molecule has 1 amide bonds. The summed E-state index contributed by atoms with van der Waals surface area (Å²) >= 11 is 0. The van der Waals surface area contributed by atoms with Crippen molar-refractivity contribution >= 4 is 17.8 Å². The molecule has 0 aliphatic rings. The second-order valence-corrected chi connectivity index (χ2v) is 6.12. The lowest BCUT2D eigenvalue weighted by atomic mass is 10.2. The van der Waals surface area contributed by atoms with Crippen LogP contribution in [-0.4, -0.2) is 29.4 Å². The fourth-order valence-electron chi connectivity index (χ4n) is 2.33. The van der Waals surface area contributed by atoms with Crippen LogP contribution in [0.5, 0.6) is 11.5 Å². The van der Waals surface area contributed by atoms with Crippen LogP contribution in [0.4, 0.5) is 5.82 Å². The molecule has 1 N–H and O–H groups in total. The van der Waals surface area contributed by atoms with Crippen LogP contribution in [0.3, 0.4) is 0 Å². The van der Waals surface area contributed by atoms with Crippen molar-refractivity contribution in [2.24, 2.45) is 5.92 Å². The van der Waals surface area contributed by atoms with E-state index < -0.39 is 0 Å². The Hall–Kier alpha value is -3.02. The van der Waals surface area contributed by atoms with Gasteiger partial charge in [-0.1, -0.05) is 32.6 Å². The van der Waals surface area contributed by atoms with Gasteiger partial charge in [-0.3, -0.25) is 4.79 Å². The highest BCUT2D eigenvalue weighted by atomic mass is 16.5. The number of ether oxygens (including phenoxy) is 2. The molecular formula is C20H25N3O3. The first-order valence-electron chi connectivity index (χ1n) is 8.46. The molecule has 0 unspecified atom stereocenters. The molecule has 1 aromatic carbocycles. The fraction of sp³-hybridized carbons (Fsp3) is 0.300. The fourth-order valence-corrected chi connectivity index (χ4v) is 2.33. The average molecular weight is 355 g/mol. The van der Waals surface area contributed by atoms with Gasteiger partial charge >= 0.3 is 0 Å². The molecule has 2 aromatic rings. The minimum absolute atomic E-state index is 0.221. The van der Waals surface area contributed by atoms with E-state index in [0.29, 0.717) is 29.8 Å². The number of rotatable bonds is 9. The summed E-state index contributed by atoms with van der Waals surface area (Å²) in [6, 6.07) is 7.25. The molecule has 0 fully saturated rings. The molecule has 1 heterocycles. The van der Waals surface area contributed by atoms with E-state index in [1.54, 1.807) is 42.3 Å². The molecule has 0 saturated heterocycles. The van der Waals surface area contributed by atoms with Gasteiger partial charge in [-0.15, -0.1) is 0 Å². The van der Waals surface area contributed by atoms with E-state index in [1.165, 1.54) is 6.08 Å². The summed E-state index contributed by atoms with van der Waals surface area (Å²) in [5, 5.41) is 7.07. The monoisotopic (exact) mass is 355 g/mol. The summed E-state index contributed by atoms with van der Waals surface area (Å²) in [4.78, 5) is 12.2. The number of benzene rings is 1. The van der Waals surface area contributed by atoms with Gasteiger partial charge in [0.2, 0.25) is 5.91 Å². The number of carbonyl (C=O) groups is 1. The maximum atomic E-state index is 12.2. The van der Waals surface area contributed by atoms with Gasteiger partial charge in [0.15, 0.2) is 11.5 Å². The van der Waals surface area contributed by atoms with E-state index in [4.69, 9.17) is 9.47 Å². The summed E-state index contributed by atoms with van der Waals surface area (Å²) in [5.74, 6) is 2.13. The van der Waals surface area contributed by atoms with E-state index in [9.17, 15) is 4.79 Å². The molecule has 1 aromatic heterocycles. The molecule has 26 heavy (non-hydrogen) atoms. The van der Waals surface area contributed by atoms with Crippen molar-refractivity contribution in [1.29, 1.82) is 0 Å². The van der Waals surface area contributed by atoms with Crippen molar-refractivity contribution in [3.8, 4) is 11.5 Å². The molecule has 2 rings (SSSR count). The number of carbonyl (C=O) groups excluding carboxylic acids is 1. The third-order valence-corrected chi connectivity index (χ3v) is 3.48. The zero-order valence-electron chi connectivity index (χ0n) is 15.4. The minimum atomic E-state index is -0.221. The van der Waals surface area contributed by atoms with Crippen molar-refractivity contribution in [1.82, 2.24) is 9.78 Å². The Morgan fingerprint density at radius 1 is 1.35 bits per heavy atom. The van der Waals surface area contributed by atoms with E-state index in [1.807, 2.05) is 12.1 Å². The summed E-state index contributed by atoms with van der Waals surface area (Å²) in [5.41, 5.74) is 0.832. The standard InChI is InChI=1S/C20H25N3O3/c1-5-12-26-17-8-6-16(13-18(17)25-4)7-9-20(24)22-19-10-11-21-23(19)14-15(2)3/h5-11,13,15H,1,12,14H2,2-4H3,(H,22,24)/b9-7+. The first-order chi connectivity index (χ1) is 12.5. The zero-order chi connectivity index (χ0) is 18.9. The van der Waals surface area contributed by atoms with Gasteiger partial charge in [-0.2, -0.15) is 5.10 Å². The lowest BCUT2D eigenvalue weighted by Gasteiger charge is -2.10. The number of amides is 1. The van der Waals surface area contributed by atoms with E-state index in [-0.39, 0.29) is 5.91 Å². The van der Waals surface area contributed by atoms with Gasteiger partial charge in [0.1, 0.15) is 12.4 Å². The van der Waals surface area contributed by atoms with Crippen LogP contribution in [0.2, 0.25) is 0 Å². The van der Waals surface area contributed by atoms with Crippen LogP contribution in [-0.2, 0) is 11.3 Å². The third kappa shape index (κ3) is 5.51. The van der Waals surface area contributed by atoms with Crippen molar-refractivity contribution < 1.29 is 14.3 Å². The molecule has 0 aliphatic carbocycles. The highest BCUT2D eigenvalue weighted by Gasteiger charge is 2.07. The second-order valence-electron chi connectivity index (χ2n) is 6.12. The number of hydrogen-bond acceptors (Lipinski definition) is 4. The van der Waals surface area contributed by atoms with Gasteiger partial charge in [-0.25, -0.2) is 4.68 Å². The van der Waals surface area contributed by atoms with Crippen LogP contribution >= 0.6 is 0 Å². The molecule has 0 aliphatic heterocycles. The normalized spacial score (nSPS) is 10.9. The summed E-state index contributed by atoms with van der Waals surface area (Å²) in [6.07, 6.45) is 6.54. The topological polar surface area (TPSA) is 65.4 Å². The van der Waals surface area contributed by atoms with E-state index in [0.717, 1.165) is 12.1 Å². The molecule has 0 radical (unpaired) electrons. The molecule has 6 heteroatoms. The number of aromatic nitrogens is 2. The molecule has 6 nitrogen and oxygen atoms in total. The van der Waals surface area contributed by atoms with Gasteiger partial charge in [-0.05, 0) is 29.7 Å². The number of hydrogen-bond donors (Lipinski definition) is 1. The minimum Gasteiger partial charge on any atom is -0.493 e. The van der Waals surface area contributed by atoms with Crippen LogP contribution < -0.4 is 14.8 Å². The number of nitrogens with zero attached hydrogens (tertiary/aromatic N) is 2. The number of nitrogens with one attached hydrogen (secondary N) is 1. The average Bonchev–Trinajstić information content (AvgIpc) is 3.04. The summed E-state index contributed by atoms with van der Waals surface area (Å²) in [7, 11) is 1.58. The van der Waals surface area contributed by atoms with Crippen molar-refractivity contribution in [2.45, 2.75) is 20.4 Å². The van der Waals surface area contributed by atoms with E-state index >= 15 is 0 Å². The molecule has 138 valence electrons. The molecule has 0 bridgehead atoms. The van der Waals surface area contributed by atoms with Crippen molar-refractivity contribution in [3.63, 3.8) is 0 Å². The Balaban J connectivity index is 2.03. The Kier molecular flexibility index (Phi) is 7.02. The highest BCUT2D eigenvalue weighted by Crippen LogP contribution is 2.28. The van der Waals surface area contributed by atoms with E-state index in [2.05, 4.69) is 30.8 Å². The third-order valence-electron chi connectivity index (χ3n) is 3.48. The predicted octanol–water partition coefficient (Wildman–Crippen LogP) is 3.76. The Morgan fingerprint density at radius 2 is 2.15 bits per heavy atom. The van der Waals surface area contributed by atoms with Crippen molar-refractivity contribution in [2.75, 3.05) is 19.0 Å². The molecule has 0 atom stereocenters. The highest BCUT2D eigenvalue weighted by molar-refractivity contribution is 6.01. The van der Waals surface area contributed by atoms with Crippen LogP contribution in [0.25, 0.3) is 6.08 Å². The first kappa shape index (κ1) is 19.3. The van der Waals surface area contributed by atoms with Gasteiger partial charge < -0.3 is 14.8 Å². The first-order valence-corrected chi connectivity index (χ1v) is 8.46. The van der Waals surface area contributed by atoms with Gasteiger partial charge in [0.25, 0.3) is 0 Å². The second kappa shape index (κ2) is 9.46. The zero-order valence-corrected chi connectivity index (χ0v) is 15.4. The number of methoxy groups -OCH3 is 1. The Bertz CT molecular complexity index is 778. The largest absolute Gasteiger partial charge is 0.493 e. The molecular weight excluding hydrogens is 330 g/mol. The quantitative estimate of drug-likeness (QED) is 0.549. The SMILES string of the molecule is C=CCOc1ccc(/C=C/C(=O)Nc2ccnn2CC(C)C)cc1OC. The Morgan fingerprint density at radius 3 is 2.85 bits per heavy atom. The van der Waals surface area contributed by atoms with Crippen LogP contribution in [0, 0.1) is 5.92 Å². The smallest absolute Gasteiger partial charge is 0.249 e. The Labute approximate surface area is 154 Å². The lowest BCUT2D eigenvalue weighted by Crippen LogP contribution is -2.15.